The number of nitrogens with two attached hydrogens (primary N) is 1. The summed E-state index contributed by atoms with van der Waals surface area (Å²) in [7, 11) is 0. The topological polar surface area (TPSA) is 96.0 Å². The average molecular weight is 345 g/mol. The van der Waals surface area contributed by atoms with Gasteiger partial charge in [-0.1, -0.05) is 48.5 Å². The van der Waals surface area contributed by atoms with E-state index in [9.17, 15) is 9.59 Å². The highest BCUT2D eigenvalue weighted by atomic mass is 16.2. The molecule has 3 aromatic rings. The maximum absolute atomic E-state index is 13.1. The lowest BCUT2D eigenvalue weighted by molar-refractivity contribution is -0.120. The standard InChI is InChI=1S/C21H19N3O2/c1-13(12-22)10-18(20(23)25)24-21(26)19-16-8-4-2-6-14(16)11-15-7-3-5-9-17(15)19/h2-9,11,13,18H,10H2,1H3,(H2,23,25)(H,24,26)/t13-,18+/m0/s1. The number of rotatable bonds is 5. The van der Waals surface area contributed by atoms with Crippen LogP contribution in [0.2, 0.25) is 0 Å². The molecule has 0 saturated carbocycles. The van der Waals surface area contributed by atoms with Gasteiger partial charge in [-0.15, -0.1) is 0 Å². The Morgan fingerprint density at radius 1 is 1.08 bits per heavy atom. The number of nitriles is 1. The molecule has 0 radical (unpaired) electrons. The number of amides is 2. The first-order valence-corrected chi connectivity index (χ1v) is 8.41. The zero-order valence-electron chi connectivity index (χ0n) is 14.4. The molecule has 0 unspecified atom stereocenters. The van der Waals surface area contributed by atoms with Crippen molar-refractivity contribution in [2.45, 2.75) is 19.4 Å². The van der Waals surface area contributed by atoms with Crippen molar-refractivity contribution in [3.63, 3.8) is 0 Å². The van der Waals surface area contributed by atoms with Gasteiger partial charge in [0.15, 0.2) is 0 Å². The molecule has 0 aliphatic heterocycles. The summed E-state index contributed by atoms with van der Waals surface area (Å²) in [5, 5.41) is 15.2. The molecule has 0 saturated heterocycles. The van der Waals surface area contributed by atoms with E-state index in [4.69, 9.17) is 11.0 Å². The van der Waals surface area contributed by atoms with Crippen LogP contribution in [0, 0.1) is 17.2 Å². The summed E-state index contributed by atoms with van der Waals surface area (Å²) >= 11 is 0. The molecular weight excluding hydrogens is 326 g/mol. The molecule has 0 bridgehead atoms. The van der Waals surface area contributed by atoms with E-state index in [-0.39, 0.29) is 12.3 Å². The number of nitrogens with zero attached hydrogens (tertiary/aromatic N) is 1. The lowest BCUT2D eigenvalue weighted by Gasteiger charge is -2.18. The van der Waals surface area contributed by atoms with Crippen LogP contribution in [0.1, 0.15) is 23.7 Å². The van der Waals surface area contributed by atoms with Gasteiger partial charge in [0, 0.05) is 5.92 Å². The highest BCUT2D eigenvalue weighted by molar-refractivity contribution is 6.18. The Labute approximate surface area is 151 Å². The van der Waals surface area contributed by atoms with E-state index in [1.54, 1.807) is 6.92 Å². The third kappa shape index (κ3) is 3.35. The van der Waals surface area contributed by atoms with Crippen LogP contribution in [-0.2, 0) is 4.79 Å². The SMILES string of the molecule is C[C@H](C#N)C[C@@H](NC(=O)c1c2ccccc2cc2ccccc12)C(N)=O. The monoisotopic (exact) mass is 345 g/mol. The van der Waals surface area contributed by atoms with Gasteiger partial charge in [0.05, 0.1) is 11.6 Å². The molecule has 26 heavy (non-hydrogen) atoms. The largest absolute Gasteiger partial charge is 0.368 e. The fourth-order valence-corrected chi connectivity index (χ4v) is 3.14. The van der Waals surface area contributed by atoms with Crippen molar-refractivity contribution in [3.8, 4) is 6.07 Å². The van der Waals surface area contributed by atoms with E-state index in [1.807, 2.05) is 54.6 Å². The highest BCUT2D eigenvalue weighted by Crippen LogP contribution is 2.28. The van der Waals surface area contributed by atoms with Crippen LogP contribution in [0.5, 0.6) is 0 Å². The molecule has 2 amide bonds. The Balaban J connectivity index is 2.09. The van der Waals surface area contributed by atoms with Gasteiger partial charge in [-0.25, -0.2) is 0 Å². The summed E-state index contributed by atoms with van der Waals surface area (Å²) in [5.74, 6) is -1.41. The molecule has 3 aromatic carbocycles. The molecule has 3 N–H and O–H groups in total. The Morgan fingerprint density at radius 2 is 1.62 bits per heavy atom. The summed E-state index contributed by atoms with van der Waals surface area (Å²) in [4.78, 5) is 24.8. The molecule has 0 heterocycles. The summed E-state index contributed by atoms with van der Waals surface area (Å²) in [6.07, 6.45) is 0.181. The Morgan fingerprint density at radius 3 is 2.12 bits per heavy atom. The van der Waals surface area contributed by atoms with Crippen molar-refractivity contribution < 1.29 is 9.59 Å². The summed E-state index contributed by atoms with van der Waals surface area (Å²) in [6, 6.07) is 18.4. The second kappa shape index (κ2) is 7.24. The minimum Gasteiger partial charge on any atom is -0.368 e. The first-order valence-electron chi connectivity index (χ1n) is 8.41. The molecule has 0 spiro atoms. The van der Waals surface area contributed by atoms with Crippen LogP contribution < -0.4 is 11.1 Å². The molecule has 5 heteroatoms. The maximum Gasteiger partial charge on any atom is 0.253 e. The van der Waals surface area contributed by atoms with Crippen molar-refractivity contribution >= 4 is 33.4 Å². The average Bonchev–Trinajstić information content (AvgIpc) is 2.65. The van der Waals surface area contributed by atoms with Crippen molar-refractivity contribution in [1.82, 2.24) is 5.32 Å². The smallest absolute Gasteiger partial charge is 0.253 e. The van der Waals surface area contributed by atoms with Gasteiger partial charge >= 0.3 is 0 Å². The van der Waals surface area contributed by atoms with Crippen molar-refractivity contribution in [3.05, 3.63) is 60.2 Å². The van der Waals surface area contributed by atoms with Crippen LogP contribution in [0.3, 0.4) is 0 Å². The molecular formula is C21H19N3O2. The van der Waals surface area contributed by atoms with E-state index in [0.29, 0.717) is 5.56 Å². The number of fused-ring (bicyclic) bond motifs is 2. The molecule has 2 atom stereocenters. The first-order chi connectivity index (χ1) is 12.5. The minimum atomic E-state index is -0.894. The van der Waals surface area contributed by atoms with Crippen LogP contribution in [-0.4, -0.2) is 17.9 Å². The molecule has 5 nitrogen and oxygen atoms in total. The van der Waals surface area contributed by atoms with Gasteiger partial charge in [0.1, 0.15) is 6.04 Å². The maximum atomic E-state index is 13.1. The third-order valence-corrected chi connectivity index (χ3v) is 4.46. The van der Waals surface area contributed by atoms with Crippen LogP contribution >= 0.6 is 0 Å². The number of carbonyl (C=O) groups is 2. The number of primary amides is 1. The van der Waals surface area contributed by atoms with Gasteiger partial charge in [-0.05, 0) is 41.0 Å². The molecule has 0 aromatic heterocycles. The second-order valence-corrected chi connectivity index (χ2v) is 6.39. The summed E-state index contributed by atoms with van der Waals surface area (Å²) in [6.45, 7) is 1.69. The quantitative estimate of drug-likeness (QED) is 0.695. The van der Waals surface area contributed by atoms with Gasteiger partial charge in [-0.2, -0.15) is 5.26 Å². The lowest BCUT2D eigenvalue weighted by atomic mass is 9.95. The molecule has 0 fully saturated rings. The van der Waals surface area contributed by atoms with E-state index in [2.05, 4.69) is 11.4 Å². The second-order valence-electron chi connectivity index (χ2n) is 6.39. The summed E-state index contributed by atoms with van der Waals surface area (Å²) in [5.41, 5.74) is 5.94. The van der Waals surface area contributed by atoms with Crippen LogP contribution in [0.25, 0.3) is 21.5 Å². The van der Waals surface area contributed by atoms with Gasteiger partial charge in [0.25, 0.3) is 5.91 Å². The van der Waals surface area contributed by atoms with Crippen LogP contribution in [0.4, 0.5) is 0 Å². The zero-order chi connectivity index (χ0) is 18.7. The minimum absolute atomic E-state index is 0.181. The number of benzene rings is 3. The van der Waals surface area contributed by atoms with Gasteiger partial charge < -0.3 is 11.1 Å². The molecule has 0 aliphatic rings. The normalized spacial score (nSPS) is 13.1. The fraction of sp³-hybridized carbons (Fsp3) is 0.190. The van der Waals surface area contributed by atoms with Crippen molar-refractivity contribution in [1.29, 1.82) is 5.26 Å². The fourth-order valence-electron chi connectivity index (χ4n) is 3.14. The van der Waals surface area contributed by atoms with Gasteiger partial charge in [-0.3, -0.25) is 9.59 Å². The van der Waals surface area contributed by atoms with E-state index < -0.39 is 17.9 Å². The molecule has 0 aliphatic carbocycles. The lowest BCUT2D eigenvalue weighted by Crippen LogP contribution is -2.45. The van der Waals surface area contributed by atoms with E-state index in [1.165, 1.54) is 0 Å². The number of nitrogens with one attached hydrogen (secondary N) is 1. The summed E-state index contributed by atoms with van der Waals surface area (Å²) < 4.78 is 0. The number of carbonyl (C=O) groups excluding carboxylic acids is 2. The number of hydrogen-bond donors (Lipinski definition) is 2. The number of hydrogen-bond acceptors (Lipinski definition) is 3. The van der Waals surface area contributed by atoms with Gasteiger partial charge in [0.2, 0.25) is 5.91 Å². The van der Waals surface area contributed by atoms with Crippen molar-refractivity contribution in [2.24, 2.45) is 11.7 Å². The molecule has 130 valence electrons. The van der Waals surface area contributed by atoms with Crippen molar-refractivity contribution in [2.75, 3.05) is 0 Å². The van der Waals surface area contributed by atoms with Crippen LogP contribution in [0.15, 0.2) is 54.6 Å². The van der Waals surface area contributed by atoms with E-state index >= 15 is 0 Å². The predicted octanol–water partition coefficient (Wildman–Crippen LogP) is 3.13. The third-order valence-electron chi connectivity index (χ3n) is 4.46. The predicted molar refractivity (Wildman–Crippen MR) is 101 cm³/mol. The Hall–Kier alpha value is -3.39. The highest BCUT2D eigenvalue weighted by Gasteiger charge is 2.23. The Kier molecular flexibility index (Phi) is 4.85. The van der Waals surface area contributed by atoms with E-state index in [0.717, 1.165) is 21.5 Å². The zero-order valence-corrected chi connectivity index (χ0v) is 14.4. The Bertz CT molecular complexity index is 982. The first kappa shape index (κ1) is 17.4. The molecule has 3 rings (SSSR count).